The summed E-state index contributed by atoms with van der Waals surface area (Å²) in [6.45, 7) is 0. The van der Waals surface area contributed by atoms with Crippen molar-refractivity contribution < 1.29 is 9.53 Å². The number of rotatable bonds is 3. The van der Waals surface area contributed by atoms with Crippen LogP contribution in [0.1, 0.15) is 10.4 Å². The first kappa shape index (κ1) is 13.2. The number of methoxy groups -OCH3 is 1. The summed E-state index contributed by atoms with van der Waals surface area (Å²) < 4.78 is 5.99. The molecule has 2 aromatic rings. The van der Waals surface area contributed by atoms with Crippen LogP contribution < -0.4 is 10.1 Å². The van der Waals surface area contributed by atoms with E-state index in [0.717, 1.165) is 11.3 Å². The lowest BCUT2D eigenvalue weighted by Crippen LogP contribution is -2.12. The van der Waals surface area contributed by atoms with E-state index in [0.29, 0.717) is 25.7 Å². The zero-order valence-corrected chi connectivity index (χ0v) is 11.7. The van der Waals surface area contributed by atoms with Crippen LogP contribution in [0.15, 0.2) is 30.3 Å². The molecule has 0 atom stereocenters. The molecule has 0 aliphatic carbocycles. The molecule has 2 rings (SSSR count). The van der Waals surface area contributed by atoms with Crippen LogP contribution in [-0.2, 0) is 0 Å². The number of ether oxygens (including phenoxy) is 1. The minimum atomic E-state index is -0.312. The molecule has 3 nitrogen and oxygen atoms in total. The van der Waals surface area contributed by atoms with E-state index in [1.165, 1.54) is 0 Å². The summed E-state index contributed by atoms with van der Waals surface area (Å²) in [7, 11) is 1.54. The number of hydrogen-bond donors (Lipinski definition) is 1. The van der Waals surface area contributed by atoms with Crippen LogP contribution in [0, 0.1) is 0 Å². The van der Waals surface area contributed by atoms with E-state index in [1.807, 2.05) is 6.07 Å². The van der Waals surface area contributed by atoms with Gasteiger partial charge in [0.1, 0.15) is 10.1 Å². The second-order valence-corrected chi connectivity index (χ2v) is 5.68. The highest BCUT2D eigenvalue weighted by Crippen LogP contribution is 2.32. The summed E-state index contributed by atoms with van der Waals surface area (Å²) in [5.74, 6) is 0.274. The van der Waals surface area contributed by atoms with Crippen LogP contribution in [0.5, 0.6) is 5.75 Å². The second kappa shape index (κ2) is 5.61. The number of amides is 1. The summed E-state index contributed by atoms with van der Waals surface area (Å²) in [4.78, 5) is 12.0. The number of hydrogen-bond acceptors (Lipinski definition) is 3. The molecule has 18 heavy (non-hydrogen) atoms. The largest absolute Gasteiger partial charge is 0.495 e. The molecule has 1 amide bonds. The minimum absolute atomic E-state index is 0.312. The number of para-hydroxylation sites is 2. The molecule has 6 heteroatoms. The average Bonchev–Trinajstić information content (AvgIpc) is 2.69. The Kier molecular flexibility index (Phi) is 4.11. The molecule has 1 heterocycles. The Hall–Kier alpha value is -1.23. The zero-order chi connectivity index (χ0) is 13.1. The van der Waals surface area contributed by atoms with Crippen molar-refractivity contribution in [2.45, 2.75) is 0 Å². The summed E-state index contributed by atoms with van der Waals surface area (Å²) in [6, 6.07) is 8.68. The number of halogens is 2. The third-order valence-electron chi connectivity index (χ3n) is 2.26. The lowest BCUT2D eigenvalue weighted by atomic mass is 10.2. The molecule has 1 N–H and O–H groups in total. The lowest BCUT2D eigenvalue weighted by Gasteiger charge is -2.09. The molecule has 0 radical (unpaired) electrons. The quantitative estimate of drug-likeness (QED) is 0.917. The normalized spacial score (nSPS) is 10.2. The summed E-state index contributed by atoms with van der Waals surface area (Å²) in [5.41, 5.74) is 0.945. The van der Waals surface area contributed by atoms with Crippen LogP contribution in [0.25, 0.3) is 0 Å². The van der Waals surface area contributed by atoms with Crippen LogP contribution in [0.4, 0.5) is 5.69 Å². The molecule has 0 spiro atoms. The van der Waals surface area contributed by atoms with Crippen molar-refractivity contribution in [2.75, 3.05) is 12.4 Å². The van der Waals surface area contributed by atoms with Gasteiger partial charge in [0.25, 0.3) is 5.91 Å². The molecule has 94 valence electrons. The maximum absolute atomic E-state index is 12.0. The molecular formula is C12H9Cl2NO2S. The van der Waals surface area contributed by atoms with Crippen molar-refractivity contribution in [1.82, 2.24) is 0 Å². The highest BCUT2D eigenvalue weighted by molar-refractivity contribution is 7.20. The summed E-state index contributed by atoms with van der Waals surface area (Å²) in [5, 5.41) is 2.73. The summed E-state index contributed by atoms with van der Waals surface area (Å²) >= 11 is 12.9. The van der Waals surface area contributed by atoms with Crippen molar-refractivity contribution in [3.8, 4) is 5.75 Å². The van der Waals surface area contributed by atoms with Crippen LogP contribution in [0.3, 0.4) is 0 Å². The van der Waals surface area contributed by atoms with E-state index in [-0.39, 0.29) is 5.91 Å². The third-order valence-corrected chi connectivity index (χ3v) is 3.74. The number of carbonyl (C=O) groups excluding carboxylic acids is 1. The Morgan fingerprint density at radius 1 is 1.33 bits per heavy atom. The van der Waals surface area contributed by atoms with E-state index < -0.39 is 0 Å². The van der Waals surface area contributed by atoms with Gasteiger partial charge >= 0.3 is 0 Å². The molecule has 0 saturated carbocycles. The fourth-order valence-electron chi connectivity index (χ4n) is 1.43. The van der Waals surface area contributed by atoms with Gasteiger partial charge in [-0.25, -0.2) is 0 Å². The van der Waals surface area contributed by atoms with E-state index >= 15 is 0 Å². The van der Waals surface area contributed by atoms with Gasteiger partial charge in [0.05, 0.1) is 22.7 Å². The monoisotopic (exact) mass is 301 g/mol. The first-order chi connectivity index (χ1) is 8.61. The third kappa shape index (κ3) is 2.77. The second-order valence-electron chi connectivity index (χ2n) is 3.39. The smallest absolute Gasteiger partial charge is 0.258 e. The standard InChI is InChI=1S/C12H9Cl2NO2S/c1-17-9-5-3-2-4-8(9)15-12(16)7-6-10(13)18-11(7)14/h2-6H,1H3,(H,15,16). The number of anilines is 1. The predicted molar refractivity (Wildman–Crippen MR) is 75.3 cm³/mol. The first-order valence-corrected chi connectivity index (χ1v) is 6.58. The van der Waals surface area contributed by atoms with Crippen LogP contribution >= 0.6 is 34.5 Å². The molecule has 0 fully saturated rings. The Bertz CT molecular complexity index is 583. The highest BCUT2D eigenvalue weighted by atomic mass is 35.5. The number of benzene rings is 1. The van der Waals surface area contributed by atoms with Crippen molar-refractivity contribution >= 4 is 46.1 Å². The van der Waals surface area contributed by atoms with E-state index in [9.17, 15) is 4.79 Å². The molecule has 0 bridgehead atoms. The maximum Gasteiger partial charge on any atom is 0.258 e. The first-order valence-electron chi connectivity index (χ1n) is 5.01. The van der Waals surface area contributed by atoms with Crippen molar-refractivity contribution in [1.29, 1.82) is 0 Å². The summed E-state index contributed by atoms with van der Waals surface area (Å²) in [6.07, 6.45) is 0. The van der Waals surface area contributed by atoms with Gasteiger partial charge in [-0.05, 0) is 18.2 Å². The van der Waals surface area contributed by atoms with Gasteiger partial charge in [-0.3, -0.25) is 4.79 Å². The zero-order valence-electron chi connectivity index (χ0n) is 9.37. The number of nitrogens with one attached hydrogen (secondary N) is 1. The molecular weight excluding hydrogens is 293 g/mol. The van der Waals surface area contributed by atoms with Crippen molar-refractivity contribution in [2.24, 2.45) is 0 Å². The van der Waals surface area contributed by atoms with Gasteiger partial charge in [0.2, 0.25) is 0 Å². The topological polar surface area (TPSA) is 38.3 Å². The fraction of sp³-hybridized carbons (Fsp3) is 0.0833. The molecule has 1 aromatic carbocycles. The van der Waals surface area contributed by atoms with Crippen molar-refractivity contribution in [3.05, 3.63) is 44.6 Å². The molecule has 0 aliphatic heterocycles. The van der Waals surface area contributed by atoms with E-state index in [2.05, 4.69) is 5.32 Å². The average molecular weight is 302 g/mol. The van der Waals surface area contributed by atoms with E-state index in [1.54, 1.807) is 31.4 Å². The Morgan fingerprint density at radius 2 is 2.06 bits per heavy atom. The fourth-order valence-corrected chi connectivity index (χ4v) is 2.89. The Labute approximate surface area is 118 Å². The molecule has 0 saturated heterocycles. The van der Waals surface area contributed by atoms with E-state index in [4.69, 9.17) is 27.9 Å². The molecule has 0 unspecified atom stereocenters. The number of thiophene rings is 1. The van der Waals surface area contributed by atoms with Gasteiger partial charge < -0.3 is 10.1 Å². The predicted octanol–water partition coefficient (Wildman–Crippen LogP) is 4.32. The van der Waals surface area contributed by atoms with Gasteiger partial charge in [-0.15, -0.1) is 11.3 Å². The van der Waals surface area contributed by atoms with Crippen LogP contribution in [0.2, 0.25) is 8.67 Å². The van der Waals surface area contributed by atoms with Crippen molar-refractivity contribution in [3.63, 3.8) is 0 Å². The lowest BCUT2D eigenvalue weighted by molar-refractivity contribution is 0.102. The van der Waals surface area contributed by atoms with Gasteiger partial charge in [-0.1, -0.05) is 35.3 Å². The number of carbonyl (C=O) groups is 1. The molecule has 0 aliphatic rings. The van der Waals surface area contributed by atoms with Gasteiger partial charge in [0.15, 0.2) is 0 Å². The maximum atomic E-state index is 12.0. The van der Waals surface area contributed by atoms with Crippen LogP contribution in [-0.4, -0.2) is 13.0 Å². The van der Waals surface area contributed by atoms with Gasteiger partial charge in [0, 0.05) is 0 Å². The highest BCUT2D eigenvalue weighted by Gasteiger charge is 2.15. The van der Waals surface area contributed by atoms with Gasteiger partial charge in [-0.2, -0.15) is 0 Å². The SMILES string of the molecule is COc1ccccc1NC(=O)c1cc(Cl)sc1Cl. The Balaban J connectivity index is 2.24. The molecule has 1 aromatic heterocycles. The Morgan fingerprint density at radius 3 is 2.67 bits per heavy atom. The minimum Gasteiger partial charge on any atom is -0.495 e.